The van der Waals surface area contributed by atoms with Crippen molar-refractivity contribution in [2.45, 2.75) is 26.9 Å². The molecule has 0 radical (unpaired) electrons. The first kappa shape index (κ1) is 21.1. The lowest BCUT2D eigenvalue weighted by atomic mass is 10.1. The van der Waals surface area contributed by atoms with Gasteiger partial charge in [-0.1, -0.05) is 18.2 Å². The molecular weight excluding hydrogens is 457 g/mol. The summed E-state index contributed by atoms with van der Waals surface area (Å²) in [6.45, 7) is 6.36. The van der Waals surface area contributed by atoms with Crippen molar-refractivity contribution in [3.05, 3.63) is 53.1 Å². The van der Waals surface area contributed by atoms with Crippen molar-refractivity contribution in [3.63, 3.8) is 0 Å². The molecule has 1 aliphatic heterocycles. The molecule has 0 saturated carbocycles. The minimum Gasteiger partial charge on any atom is -0.496 e. The van der Waals surface area contributed by atoms with E-state index in [4.69, 9.17) is 14.2 Å². The van der Waals surface area contributed by atoms with Crippen molar-refractivity contribution in [3.8, 4) is 17.2 Å². The molecule has 0 unspecified atom stereocenters. The van der Waals surface area contributed by atoms with Gasteiger partial charge in [0.1, 0.15) is 5.75 Å². The van der Waals surface area contributed by atoms with Crippen molar-refractivity contribution in [1.29, 1.82) is 0 Å². The van der Waals surface area contributed by atoms with Crippen LogP contribution in [0.4, 0.5) is 0 Å². The Morgan fingerprint density at radius 3 is 2.70 bits per heavy atom. The lowest BCUT2D eigenvalue weighted by Gasteiger charge is -2.14. The van der Waals surface area contributed by atoms with E-state index in [0.29, 0.717) is 13.1 Å². The molecule has 0 aromatic heterocycles. The van der Waals surface area contributed by atoms with Crippen molar-refractivity contribution in [1.82, 2.24) is 10.6 Å². The molecule has 0 spiro atoms. The highest BCUT2D eigenvalue weighted by atomic mass is 127. The average Bonchev–Trinajstić information content (AvgIpc) is 3.12. The minimum absolute atomic E-state index is 0. The number of nitrogens with zero attached hydrogens (tertiary/aromatic N) is 1. The molecule has 0 aliphatic carbocycles. The summed E-state index contributed by atoms with van der Waals surface area (Å²) in [5.74, 6) is 3.20. The van der Waals surface area contributed by atoms with Gasteiger partial charge in [-0.25, -0.2) is 4.99 Å². The predicted octanol–water partition coefficient (Wildman–Crippen LogP) is 3.61. The van der Waals surface area contributed by atoms with Crippen LogP contribution in [-0.2, 0) is 13.1 Å². The van der Waals surface area contributed by atoms with E-state index in [1.54, 1.807) is 7.11 Å². The number of rotatable bonds is 6. The van der Waals surface area contributed by atoms with Gasteiger partial charge in [0.2, 0.25) is 6.79 Å². The first-order chi connectivity index (χ1) is 12.7. The van der Waals surface area contributed by atoms with Crippen LogP contribution in [0, 0.1) is 6.92 Å². The Labute approximate surface area is 177 Å². The normalized spacial score (nSPS) is 12.3. The summed E-state index contributed by atoms with van der Waals surface area (Å²) in [4.78, 5) is 4.65. The number of hydrogen-bond acceptors (Lipinski definition) is 4. The van der Waals surface area contributed by atoms with E-state index >= 15 is 0 Å². The molecule has 7 heteroatoms. The highest BCUT2D eigenvalue weighted by Gasteiger charge is 2.13. The average molecular weight is 483 g/mol. The first-order valence-corrected chi connectivity index (χ1v) is 8.74. The van der Waals surface area contributed by atoms with Gasteiger partial charge in [-0.05, 0) is 43.2 Å². The third-order valence-electron chi connectivity index (χ3n) is 4.09. The van der Waals surface area contributed by atoms with E-state index < -0.39 is 0 Å². The lowest BCUT2D eigenvalue weighted by Crippen LogP contribution is -2.36. The van der Waals surface area contributed by atoms with Crippen LogP contribution in [0.15, 0.2) is 41.4 Å². The molecule has 2 aromatic carbocycles. The SMILES string of the molecule is CCNC(=NCc1ccc2c(c1)OCO2)NCc1ccc(C)cc1OC.I. The van der Waals surface area contributed by atoms with Crippen LogP contribution < -0.4 is 24.8 Å². The first-order valence-electron chi connectivity index (χ1n) is 8.74. The van der Waals surface area contributed by atoms with Gasteiger partial charge in [-0.3, -0.25) is 0 Å². The van der Waals surface area contributed by atoms with Crippen molar-refractivity contribution in [2.24, 2.45) is 4.99 Å². The highest BCUT2D eigenvalue weighted by molar-refractivity contribution is 14.0. The highest BCUT2D eigenvalue weighted by Crippen LogP contribution is 2.32. The van der Waals surface area contributed by atoms with E-state index in [0.717, 1.165) is 40.9 Å². The third kappa shape index (κ3) is 5.66. The van der Waals surface area contributed by atoms with E-state index in [1.807, 2.05) is 31.2 Å². The maximum atomic E-state index is 5.46. The van der Waals surface area contributed by atoms with Crippen LogP contribution in [0.5, 0.6) is 17.2 Å². The number of methoxy groups -OCH3 is 1. The van der Waals surface area contributed by atoms with Gasteiger partial charge in [0.25, 0.3) is 0 Å². The maximum absolute atomic E-state index is 5.46. The molecule has 0 saturated heterocycles. The largest absolute Gasteiger partial charge is 0.496 e. The number of benzene rings is 2. The molecule has 2 aromatic rings. The number of aryl methyl sites for hydroxylation is 1. The molecular formula is C20H26IN3O3. The van der Waals surface area contributed by atoms with Gasteiger partial charge in [0.05, 0.1) is 13.7 Å². The third-order valence-corrected chi connectivity index (χ3v) is 4.09. The quantitative estimate of drug-likeness (QED) is 0.374. The smallest absolute Gasteiger partial charge is 0.231 e. The standard InChI is InChI=1S/C20H25N3O3.HI/c1-4-21-20(23-12-16-7-5-14(2)9-18(16)24-3)22-11-15-6-8-17-19(10-15)26-13-25-17;/h5-10H,4,11-13H2,1-3H3,(H2,21,22,23);1H. The van der Waals surface area contributed by atoms with E-state index in [1.165, 1.54) is 5.56 Å². The van der Waals surface area contributed by atoms with Gasteiger partial charge in [-0.15, -0.1) is 24.0 Å². The Balaban J connectivity index is 0.00000261. The summed E-state index contributed by atoms with van der Waals surface area (Å²) >= 11 is 0. The number of guanidine groups is 1. The zero-order valence-electron chi connectivity index (χ0n) is 15.9. The van der Waals surface area contributed by atoms with Gasteiger partial charge in [-0.2, -0.15) is 0 Å². The Morgan fingerprint density at radius 2 is 1.93 bits per heavy atom. The summed E-state index contributed by atoms with van der Waals surface area (Å²) in [5, 5.41) is 6.62. The molecule has 1 aliphatic rings. The molecule has 1 heterocycles. The summed E-state index contributed by atoms with van der Waals surface area (Å²) in [6.07, 6.45) is 0. The number of aliphatic imine (C=N–C) groups is 1. The second kappa shape index (κ2) is 10.2. The van der Waals surface area contributed by atoms with Gasteiger partial charge < -0.3 is 24.8 Å². The summed E-state index contributed by atoms with van der Waals surface area (Å²) < 4.78 is 16.2. The number of halogens is 1. The zero-order valence-corrected chi connectivity index (χ0v) is 18.2. The summed E-state index contributed by atoms with van der Waals surface area (Å²) in [7, 11) is 1.69. The van der Waals surface area contributed by atoms with Crippen molar-refractivity contribution >= 4 is 29.9 Å². The van der Waals surface area contributed by atoms with E-state index in [-0.39, 0.29) is 30.8 Å². The molecule has 0 fully saturated rings. The van der Waals surface area contributed by atoms with Crippen LogP contribution in [-0.4, -0.2) is 26.4 Å². The molecule has 2 N–H and O–H groups in total. The fraction of sp³-hybridized carbons (Fsp3) is 0.350. The molecule has 27 heavy (non-hydrogen) atoms. The van der Waals surface area contributed by atoms with Crippen molar-refractivity contribution < 1.29 is 14.2 Å². The number of ether oxygens (including phenoxy) is 3. The van der Waals surface area contributed by atoms with Crippen LogP contribution in [0.2, 0.25) is 0 Å². The van der Waals surface area contributed by atoms with Gasteiger partial charge in [0.15, 0.2) is 17.5 Å². The maximum Gasteiger partial charge on any atom is 0.231 e. The van der Waals surface area contributed by atoms with Crippen molar-refractivity contribution in [2.75, 3.05) is 20.4 Å². The number of fused-ring (bicyclic) bond motifs is 1. The Morgan fingerprint density at radius 1 is 1.11 bits per heavy atom. The summed E-state index contributed by atoms with van der Waals surface area (Å²) in [5.41, 5.74) is 3.33. The number of hydrogen-bond donors (Lipinski definition) is 2. The Hall–Kier alpha value is -2.16. The second-order valence-corrected chi connectivity index (χ2v) is 6.05. The second-order valence-electron chi connectivity index (χ2n) is 6.05. The molecule has 3 rings (SSSR count). The van der Waals surface area contributed by atoms with Gasteiger partial charge >= 0.3 is 0 Å². The predicted molar refractivity (Wildman–Crippen MR) is 117 cm³/mol. The lowest BCUT2D eigenvalue weighted by molar-refractivity contribution is 0.174. The molecule has 0 atom stereocenters. The van der Waals surface area contributed by atoms with E-state index in [9.17, 15) is 0 Å². The van der Waals surface area contributed by atoms with Crippen LogP contribution in [0.25, 0.3) is 0 Å². The zero-order chi connectivity index (χ0) is 18.4. The monoisotopic (exact) mass is 483 g/mol. The minimum atomic E-state index is 0. The number of nitrogens with one attached hydrogen (secondary N) is 2. The Bertz CT molecular complexity index is 796. The van der Waals surface area contributed by atoms with Crippen LogP contribution in [0.3, 0.4) is 0 Å². The molecule has 0 bridgehead atoms. The topological polar surface area (TPSA) is 64.1 Å². The Kier molecular flexibility index (Phi) is 8.02. The van der Waals surface area contributed by atoms with Crippen LogP contribution >= 0.6 is 24.0 Å². The molecule has 6 nitrogen and oxygen atoms in total. The van der Waals surface area contributed by atoms with Crippen LogP contribution in [0.1, 0.15) is 23.6 Å². The van der Waals surface area contributed by atoms with Gasteiger partial charge in [0, 0.05) is 18.7 Å². The fourth-order valence-electron chi connectivity index (χ4n) is 2.73. The fourth-order valence-corrected chi connectivity index (χ4v) is 2.73. The van der Waals surface area contributed by atoms with E-state index in [2.05, 4.69) is 34.7 Å². The summed E-state index contributed by atoms with van der Waals surface area (Å²) in [6, 6.07) is 12.1. The molecule has 146 valence electrons. The molecule has 0 amide bonds.